The van der Waals surface area contributed by atoms with E-state index < -0.39 is 23.9 Å². The van der Waals surface area contributed by atoms with Crippen molar-refractivity contribution in [2.24, 2.45) is 5.73 Å². The van der Waals surface area contributed by atoms with Crippen LogP contribution < -0.4 is 26.0 Å². The molecule has 0 spiro atoms. The van der Waals surface area contributed by atoms with Gasteiger partial charge in [0, 0.05) is 44.7 Å². The van der Waals surface area contributed by atoms with Crippen LogP contribution in [0.15, 0.2) is 109 Å². The Kier molecular flexibility index (Phi) is 11.6. The molecule has 9 heteroatoms. The average molecular weight is 634 g/mol. The van der Waals surface area contributed by atoms with Crippen LogP contribution in [0.1, 0.15) is 33.5 Å². The lowest BCUT2D eigenvalue weighted by molar-refractivity contribution is -0.128. The summed E-state index contributed by atoms with van der Waals surface area (Å²) in [5.41, 5.74) is 10.2. The van der Waals surface area contributed by atoms with Gasteiger partial charge in [0.15, 0.2) is 0 Å². The maximum Gasteiger partial charge on any atom is 0.251 e. The summed E-state index contributed by atoms with van der Waals surface area (Å²) in [5, 5.41) is 5.74. The summed E-state index contributed by atoms with van der Waals surface area (Å²) < 4.78 is 5.55. The van der Waals surface area contributed by atoms with E-state index in [0.29, 0.717) is 24.9 Å². The fourth-order valence-corrected chi connectivity index (χ4v) is 5.92. The molecule has 9 nitrogen and oxygen atoms in total. The van der Waals surface area contributed by atoms with Crippen molar-refractivity contribution in [3.05, 3.63) is 131 Å². The molecular formula is C38H43N5O4. The summed E-state index contributed by atoms with van der Waals surface area (Å²) in [6, 6.07) is 33.0. The third kappa shape index (κ3) is 9.43. The number of piperazine rings is 1. The highest BCUT2D eigenvalue weighted by atomic mass is 16.5. The molecule has 0 radical (unpaired) electrons. The topological polar surface area (TPSA) is 117 Å². The van der Waals surface area contributed by atoms with Crippen molar-refractivity contribution in [2.45, 2.75) is 37.9 Å². The molecule has 47 heavy (non-hydrogen) atoms. The van der Waals surface area contributed by atoms with Gasteiger partial charge in [-0.25, -0.2) is 0 Å². The standard InChI is InChI=1S/C38H43N5O4/c1-47-35-18-9-8-17-34(35)43-23-21-42(22-24-43)27-30-15-10-16-31(25-30)37(45)41-33(26-29-13-6-3-7-14-29)38(46)40-32(36(39)44)20-19-28-11-4-2-5-12-28/h2-18,25,32-33H,19-24,26-27H2,1H3,(H2,39,44)(H,40,46)(H,41,45)/t32-,33-/m0/s1. The first-order valence-electron chi connectivity index (χ1n) is 16.1. The lowest BCUT2D eigenvalue weighted by Gasteiger charge is -2.36. The first kappa shape index (κ1) is 33.2. The highest BCUT2D eigenvalue weighted by Crippen LogP contribution is 2.28. The Bertz CT molecular complexity index is 1620. The van der Waals surface area contributed by atoms with Crippen LogP contribution in [0, 0.1) is 0 Å². The van der Waals surface area contributed by atoms with Crippen molar-refractivity contribution in [3.8, 4) is 5.75 Å². The molecule has 0 saturated carbocycles. The molecular weight excluding hydrogens is 590 g/mol. The largest absolute Gasteiger partial charge is 0.495 e. The minimum atomic E-state index is -0.907. The number of carbonyl (C=O) groups excluding carboxylic acids is 3. The fourth-order valence-electron chi connectivity index (χ4n) is 5.92. The minimum absolute atomic E-state index is 0.263. The highest BCUT2D eigenvalue weighted by molar-refractivity contribution is 5.98. The number of methoxy groups -OCH3 is 1. The number of ether oxygens (including phenoxy) is 1. The summed E-state index contributed by atoms with van der Waals surface area (Å²) in [7, 11) is 1.69. The zero-order valence-corrected chi connectivity index (χ0v) is 26.8. The lowest BCUT2D eigenvalue weighted by atomic mass is 10.0. The van der Waals surface area contributed by atoms with Gasteiger partial charge in [-0.2, -0.15) is 0 Å². The molecule has 4 aromatic rings. The first-order valence-corrected chi connectivity index (χ1v) is 16.1. The monoisotopic (exact) mass is 633 g/mol. The maximum absolute atomic E-state index is 13.6. The number of benzene rings is 4. The number of nitrogens with zero attached hydrogens (tertiary/aromatic N) is 2. The molecule has 3 amide bonds. The van der Waals surface area contributed by atoms with E-state index in [9.17, 15) is 14.4 Å². The molecule has 1 fully saturated rings. The molecule has 1 heterocycles. The van der Waals surface area contributed by atoms with Gasteiger partial charge in [0.25, 0.3) is 5.91 Å². The number of para-hydroxylation sites is 2. The van der Waals surface area contributed by atoms with Crippen molar-refractivity contribution < 1.29 is 19.1 Å². The van der Waals surface area contributed by atoms with Crippen molar-refractivity contribution in [3.63, 3.8) is 0 Å². The molecule has 4 N–H and O–H groups in total. The van der Waals surface area contributed by atoms with Gasteiger partial charge in [-0.1, -0.05) is 84.9 Å². The van der Waals surface area contributed by atoms with E-state index in [0.717, 1.165) is 54.3 Å². The Labute approximate surface area is 276 Å². The third-order valence-corrected chi connectivity index (χ3v) is 8.52. The van der Waals surface area contributed by atoms with E-state index in [1.165, 1.54) is 0 Å². The number of hydrogen-bond acceptors (Lipinski definition) is 6. The van der Waals surface area contributed by atoms with Crippen LogP contribution >= 0.6 is 0 Å². The van der Waals surface area contributed by atoms with Crippen molar-refractivity contribution >= 4 is 23.4 Å². The number of nitrogens with one attached hydrogen (secondary N) is 2. The van der Waals surface area contributed by atoms with Gasteiger partial charge in [0.1, 0.15) is 17.8 Å². The van der Waals surface area contributed by atoms with Crippen molar-refractivity contribution in [2.75, 3.05) is 38.2 Å². The number of hydrogen-bond donors (Lipinski definition) is 3. The van der Waals surface area contributed by atoms with Crippen LogP contribution in [0.5, 0.6) is 5.75 Å². The highest BCUT2D eigenvalue weighted by Gasteiger charge is 2.27. The first-order chi connectivity index (χ1) is 22.9. The van der Waals surface area contributed by atoms with E-state index >= 15 is 0 Å². The Balaban J connectivity index is 1.22. The predicted molar refractivity (Wildman–Crippen MR) is 184 cm³/mol. The molecule has 244 valence electrons. The zero-order valence-electron chi connectivity index (χ0n) is 26.8. The Morgan fingerprint density at radius 1 is 0.745 bits per heavy atom. The van der Waals surface area contributed by atoms with Crippen LogP contribution in [0.4, 0.5) is 5.69 Å². The zero-order chi connectivity index (χ0) is 33.0. The van der Waals surface area contributed by atoms with Gasteiger partial charge in [-0.3, -0.25) is 19.3 Å². The molecule has 0 aromatic heterocycles. The van der Waals surface area contributed by atoms with E-state index in [1.807, 2.05) is 97.1 Å². The molecule has 0 bridgehead atoms. The van der Waals surface area contributed by atoms with Crippen molar-refractivity contribution in [1.29, 1.82) is 0 Å². The van der Waals surface area contributed by atoms with Crippen molar-refractivity contribution in [1.82, 2.24) is 15.5 Å². The maximum atomic E-state index is 13.6. The summed E-state index contributed by atoms with van der Waals surface area (Å²) in [4.78, 5) is 44.2. The second kappa shape index (κ2) is 16.4. The number of nitrogens with two attached hydrogens (primary N) is 1. The third-order valence-electron chi connectivity index (χ3n) is 8.52. The smallest absolute Gasteiger partial charge is 0.251 e. The van der Waals surface area contributed by atoms with Crippen LogP contribution in [-0.4, -0.2) is 68.0 Å². The fraction of sp³-hybridized carbons (Fsp3) is 0.289. The Hall–Kier alpha value is -5.15. The number of amides is 3. The second-order valence-corrected chi connectivity index (χ2v) is 11.8. The quantitative estimate of drug-likeness (QED) is 0.194. The van der Waals surface area contributed by atoms with E-state index in [4.69, 9.17) is 10.5 Å². The van der Waals surface area contributed by atoms with Gasteiger partial charge >= 0.3 is 0 Å². The molecule has 5 rings (SSSR count). The van der Waals surface area contributed by atoms with Gasteiger partial charge in [0.2, 0.25) is 11.8 Å². The normalized spacial score (nSPS) is 14.5. The number of aryl methyl sites for hydroxylation is 1. The summed E-state index contributed by atoms with van der Waals surface area (Å²) in [5.74, 6) is -0.557. The molecule has 4 aromatic carbocycles. The molecule has 0 unspecified atom stereocenters. The molecule has 0 aliphatic carbocycles. The lowest BCUT2D eigenvalue weighted by Crippen LogP contribution is -2.53. The van der Waals surface area contributed by atoms with E-state index in [-0.39, 0.29) is 12.3 Å². The second-order valence-electron chi connectivity index (χ2n) is 11.8. The van der Waals surface area contributed by atoms with Gasteiger partial charge < -0.3 is 26.0 Å². The van der Waals surface area contributed by atoms with Crippen LogP contribution in [0.25, 0.3) is 0 Å². The van der Waals surface area contributed by atoms with Crippen LogP contribution in [0.2, 0.25) is 0 Å². The SMILES string of the molecule is COc1ccccc1N1CCN(Cc2cccc(C(=O)N[C@@H](Cc3ccccc3)C(=O)N[C@@H](CCc3ccccc3)C(N)=O)c2)CC1. The predicted octanol–water partition coefficient (Wildman–Crippen LogP) is 3.96. The molecule has 2 atom stereocenters. The number of anilines is 1. The van der Waals surface area contributed by atoms with Crippen LogP contribution in [0.3, 0.4) is 0 Å². The Morgan fingerprint density at radius 2 is 1.38 bits per heavy atom. The summed E-state index contributed by atoms with van der Waals surface area (Å²) >= 11 is 0. The van der Waals surface area contributed by atoms with Gasteiger partial charge in [-0.05, 0) is 53.8 Å². The van der Waals surface area contributed by atoms with E-state index in [1.54, 1.807) is 13.2 Å². The van der Waals surface area contributed by atoms with Crippen LogP contribution in [-0.2, 0) is 29.0 Å². The van der Waals surface area contributed by atoms with Gasteiger partial charge in [0.05, 0.1) is 12.8 Å². The summed E-state index contributed by atoms with van der Waals surface area (Å²) in [6.45, 7) is 4.19. The minimum Gasteiger partial charge on any atom is -0.495 e. The van der Waals surface area contributed by atoms with E-state index in [2.05, 4.69) is 26.5 Å². The molecule has 1 aliphatic heterocycles. The number of carbonyl (C=O) groups is 3. The van der Waals surface area contributed by atoms with Gasteiger partial charge in [-0.15, -0.1) is 0 Å². The number of rotatable bonds is 14. The summed E-state index contributed by atoms with van der Waals surface area (Å²) in [6.07, 6.45) is 1.19. The Morgan fingerprint density at radius 3 is 2.06 bits per heavy atom. The average Bonchev–Trinajstić information content (AvgIpc) is 3.11. The molecule has 1 aliphatic rings. The molecule has 1 saturated heterocycles. The number of primary amides is 1.